The van der Waals surface area contributed by atoms with Crippen molar-refractivity contribution < 1.29 is 19.1 Å². The summed E-state index contributed by atoms with van der Waals surface area (Å²) in [5, 5.41) is 9.37. The van der Waals surface area contributed by atoms with Gasteiger partial charge in [-0.3, -0.25) is 9.69 Å². The van der Waals surface area contributed by atoms with Gasteiger partial charge in [-0.25, -0.2) is 9.18 Å². The summed E-state index contributed by atoms with van der Waals surface area (Å²) in [7, 11) is 3.19. The molecular weight excluding hydrogens is 399 g/mol. The molecule has 28 heavy (non-hydrogen) atoms. The summed E-state index contributed by atoms with van der Waals surface area (Å²) in [6.07, 6.45) is 3.61. The molecule has 2 aliphatic rings. The van der Waals surface area contributed by atoms with Crippen LogP contribution in [0.25, 0.3) is 0 Å². The van der Waals surface area contributed by atoms with Gasteiger partial charge in [0.05, 0.1) is 6.04 Å². The van der Waals surface area contributed by atoms with Gasteiger partial charge >= 0.3 is 5.97 Å². The van der Waals surface area contributed by atoms with Crippen LogP contribution in [-0.4, -0.2) is 51.9 Å². The van der Waals surface area contributed by atoms with Crippen LogP contribution in [0.3, 0.4) is 0 Å². The van der Waals surface area contributed by atoms with E-state index in [1.165, 1.54) is 12.1 Å². The number of likely N-dealkylation sites (tertiary alicyclic amines) is 1. The fourth-order valence-electron chi connectivity index (χ4n) is 3.51. The first kappa shape index (κ1) is 21.4. The Labute approximate surface area is 172 Å². The number of carbonyl (C=O) groups excluding carboxylic acids is 1. The van der Waals surface area contributed by atoms with E-state index in [4.69, 9.17) is 5.73 Å². The molecule has 0 spiro atoms. The molecule has 3 rings (SSSR count). The van der Waals surface area contributed by atoms with E-state index in [9.17, 15) is 19.1 Å². The number of benzene rings is 1. The van der Waals surface area contributed by atoms with Crippen molar-refractivity contribution in [2.75, 3.05) is 18.8 Å². The second-order valence-corrected chi connectivity index (χ2v) is 9.80. The van der Waals surface area contributed by atoms with Crippen LogP contribution in [-0.2, 0) is 16.1 Å². The number of piperidine rings is 1. The predicted molar refractivity (Wildman–Crippen MR) is 112 cm³/mol. The Bertz CT molecular complexity index is 755. The van der Waals surface area contributed by atoms with Crippen LogP contribution >= 0.6 is 21.6 Å². The molecular formula is C20H25FN2O3S2. The third-order valence-electron chi connectivity index (χ3n) is 4.99. The van der Waals surface area contributed by atoms with E-state index in [0.717, 1.165) is 18.6 Å². The van der Waals surface area contributed by atoms with E-state index in [-0.39, 0.29) is 22.8 Å². The molecule has 1 saturated carbocycles. The van der Waals surface area contributed by atoms with Gasteiger partial charge in [0.15, 0.2) is 5.78 Å². The largest absolute Gasteiger partial charge is 0.478 e. The van der Waals surface area contributed by atoms with E-state index in [2.05, 4.69) is 0 Å². The van der Waals surface area contributed by atoms with E-state index < -0.39 is 12.0 Å². The fraction of sp³-hybridized carbons (Fsp3) is 0.500. The summed E-state index contributed by atoms with van der Waals surface area (Å²) >= 11 is 0. The summed E-state index contributed by atoms with van der Waals surface area (Å²) in [4.78, 5) is 26.6. The number of hydrogen-bond donors (Lipinski definition) is 2. The Morgan fingerprint density at radius 1 is 1.29 bits per heavy atom. The van der Waals surface area contributed by atoms with E-state index in [0.29, 0.717) is 37.2 Å². The smallest absolute Gasteiger partial charge is 0.328 e. The van der Waals surface area contributed by atoms with E-state index >= 15 is 0 Å². The number of hydrogen-bond acceptors (Lipinski definition) is 6. The summed E-state index contributed by atoms with van der Waals surface area (Å²) < 4.78 is 14.2. The summed E-state index contributed by atoms with van der Waals surface area (Å²) in [5.41, 5.74) is 6.71. The highest BCUT2D eigenvalue weighted by molar-refractivity contribution is 8.77. The van der Waals surface area contributed by atoms with Crippen molar-refractivity contribution in [3.05, 3.63) is 47.3 Å². The Morgan fingerprint density at radius 2 is 2.04 bits per heavy atom. The molecule has 1 aromatic rings. The average molecular weight is 425 g/mol. The number of halogens is 1. The number of ketones is 1. The number of Topliss-reactive ketones (excluding diaryl/α,β-unsaturated/α-hetero) is 1. The molecule has 2 unspecified atom stereocenters. The van der Waals surface area contributed by atoms with Gasteiger partial charge in [0.1, 0.15) is 5.82 Å². The lowest BCUT2D eigenvalue weighted by Crippen LogP contribution is -2.50. The third-order valence-corrected chi connectivity index (χ3v) is 7.87. The number of nitrogens with two attached hydrogens (primary N) is 1. The van der Waals surface area contributed by atoms with Gasteiger partial charge in [-0.2, -0.15) is 0 Å². The highest BCUT2D eigenvalue weighted by Crippen LogP contribution is 2.42. The minimum atomic E-state index is -1.05. The first-order valence-corrected chi connectivity index (χ1v) is 11.8. The van der Waals surface area contributed by atoms with Crippen molar-refractivity contribution in [3.63, 3.8) is 0 Å². The second kappa shape index (κ2) is 9.91. The van der Waals surface area contributed by atoms with Crippen molar-refractivity contribution >= 4 is 33.3 Å². The molecule has 0 aromatic heterocycles. The molecule has 0 bridgehead atoms. The van der Waals surface area contributed by atoms with Crippen LogP contribution < -0.4 is 5.73 Å². The Hall–Kier alpha value is -1.35. The minimum Gasteiger partial charge on any atom is -0.478 e. The van der Waals surface area contributed by atoms with Crippen molar-refractivity contribution in [1.29, 1.82) is 0 Å². The number of carboxylic acids is 1. The third kappa shape index (κ3) is 5.37. The number of carbonyl (C=O) groups is 2. The van der Waals surface area contributed by atoms with E-state index in [1.807, 2.05) is 4.90 Å². The molecule has 1 heterocycles. The quantitative estimate of drug-likeness (QED) is 0.358. The Balaban J connectivity index is 1.88. The van der Waals surface area contributed by atoms with Gasteiger partial charge in [-0.05, 0) is 30.9 Å². The molecule has 1 aliphatic carbocycles. The summed E-state index contributed by atoms with van der Waals surface area (Å²) in [6, 6.07) is 5.93. The maximum Gasteiger partial charge on any atom is 0.328 e. The monoisotopic (exact) mass is 424 g/mol. The zero-order valence-corrected chi connectivity index (χ0v) is 17.2. The van der Waals surface area contributed by atoms with Gasteiger partial charge in [0, 0.05) is 48.2 Å². The van der Waals surface area contributed by atoms with Crippen LogP contribution in [0.2, 0.25) is 0 Å². The van der Waals surface area contributed by atoms with Crippen molar-refractivity contribution in [1.82, 2.24) is 4.90 Å². The molecule has 1 aromatic carbocycles. The van der Waals surface area contributed by atoms with Gasteiger partial charge in [-0.15, -0.1) is 0 Å². The van der Waals surface area contributed by atoms with Crippen LogP contribution in [0, 0.1) is 11.7 Å². The summed E-state index contributed by atoms with van der Waals surface area (Å²) in [6.45, 7) is 1.46. The van der Waals surface area contributed by atoms with Gasteiger partial charge in [-0.1, -0.05) is 39.8 Å². The number of aliphatic carboxylic acids is 1. The van der Waals surface area contributed by atoms with Gasteiger partial charge < -0.3 is 10.8 Å². The molecule has 0 radical (unpaired) electrons. The molecule has 2 atom stereocenters. The molecule has 5 nitrogen and oxygen atoms in total. The molecule has 1 aliphatic heterocycles. The molecule has 3 N–H and O–H groups in total. The molecule has 0 amide bonds. The molecule has 152 valence electrons. The standard InChI is InChI=1S/C20H25FN2O3S2/c21-16-4-2-1-3-14(16)12-23-9-7-17(28-27-10-8-22)15(11-18(24)25)19(23)20(26)13-5-6-13/h1-4,11,13,17,19H,5-10,12,22H2,(H,24,25)/b15-11+. The maximum absolute atomic E-state index is 14.2. The summed E-state index contributed by atoms with van der Waals surface area (Å²) in [5.74, 6) is -0.532. The normalized spacial score (nSPS) is 24.4. The Kier molecular flexibility index (Phi) is 7.56. The fourth-order valence-corrected chi connectivity index (χ4v) is 6.07. The maximum atomic E-state index is 14.2. The lowest BCUT2D eigenvalue weighted by Gasteiger charge is -2.40. The molecule has 8 heteroatoms. The molecule has 2 fully saturated rings. The van der Waals surface area contributed by atoms with Crippen LogP contribution in [0.4, 0.5) is 4.39 Å². The minimum absolute atomic E-state index is 0.00856. The first-order chi connectivity index (χ1) is 13.5. The molecule has 1 saturated heterocycles. The lowest BCUT2D eigenvalue weighted by atomic mass is 9.89. The van der Waals surface area contributed by atoms with Crippen molar-refractivity contribution in [2.45, 2.75) is 37.1 Å². The van der Waals surface area contributed by atoms with Crippen molar-refractivity contribution in [3.8, 4) is 0 Å². The van der Waals surface area contributed by atoms with Gasteiger partial charge in [0.2, 0.25) is 0 Å². The Morgan fingerprint density at radius 3 is 2.68 bits per heavy atom. The number of carboxylic acid groups (broad SMARTS) is 1. The number of nitrogens with zero attached hydrogens (tertiary/aromatic N) is 1. The topological polar surface area (TPSA) is 83.6 Å². The van der Waals surface area contributed by atoms with Crippen LogP contribution in [0.5, 0.6) is 0 Å². The SMILES string of the molecule is NCCSSC1CCN(Cc2ccccc2F)C(C(=O)C2CC2)/C1=C/C(=O)O. The average Bonchev–Trinajstić information content (AvgIpc) is 3.50. The van der Waals surface area contributed by atoms with Crippen molar-refractivity contribution in [2.24, 2.45) is 11.7 Å². The van der Waals surface area contributed by atoms with E-state index in [1.54, 1.807) is 39.8 Å². The first-order valence-electron chi connectivity index (χ1n) is 9.45. The van der Waals surface area contributed by atoms with Gasteiger partial charge in [0.25, 0.3) is 0 Å². The second-order valence-electron chi connectivity index (χ2n) is 7.11. The zero-order chi connectivity index (χ0) is 20.1. The highest BCUT2D eigenvalue weighted by atomic mass is 33.1. The highest BCUT2D eigenvalue weighted by Gasteiger charge is 2.44. The number of rotatable bonds is 9. The van der Waals surface area contributed by atoms with Crippen LogP contribution in [0.15, 0.2) is 35.9 Å². The zero-order valence-electron chi connectivity index (χ0n) is 15.6. The predicted octanol–water partition coefficient (Wildman–Crippen LogP) is 3.10. The lowest BCUT2D eigenvalue weighted by molar-refractivity contribution is -0.131. The van der Waals surface area contributed by atoms with Crippen LogP contribution in [0.1, 0.15) is 24.8 Å².